The Hall–Kier alpha value is -3.10. The van der Waals surface area contributed by atoms with Crippen LogP contribution in [0.3, 0.4) is 0 Å². The van der Waals surface area contributed by atoms with Gasteiger partial charge in [-0.05, 0) is 47.2 Å². The van der Waals surface area contributed by atoms with Gasteiger partial charge in [-0.3, -0.25) is 4.79 Å². The lowest BCUT2D eigenvalue weighted by atomic mass is 10.0. The largest absolute Gasteiger partial charge is 0.496 e. The highest BCUT2D eigenvalue weighted by Crippen LogP contribution is 2.30. The Kier molecular flexibility index (Phi) is 5.35. The maximum absolute atomic E-state index is 12.5. The molecule has 4 nitrogen and oxygen atoms in total. The number of halogens is 1. The first-order valence-corrected chi connectivity index (χ1v) is 8.66. The topological polar surface area (TPSA) is 62.1 Å². The second-order valence-electron chi connectivity index (χ2n) is 5.53. The van der Waals surface area contributed by atoms with Gasteiger partial charge in [0.2, 0.25) is 0 Å². The van der Waals surface area contributed by atoms with Crippen molar-refractivity contribution in [3.05, 3.63) is 76.3 Å². The standard InChI is InChI=1S/C21H15BrN2O2/c1-26-20-11-6-14-4-2-3-5-18(14)19(20)12-15(13-23)21(25)24-17-9-7-16(22)8-10-17/h2-12H,1H3,(H,24,25). The highest BCUT2D eigenvalue weighted by atomic mass is 79.9. The van der Waals surface area contributed by atoms with Gasteiger partial charge in [-0.1, -0.05) is 46.3 Å². The van der Waals surface area contributed by atoms with Crippen LogP contribution in [0.15, 0.2) is 70.7 Å². The molecule has 0 aliphatic rings. The summed E-state index contributed by atoms with van der Waals surface area (Å²) in [7, 11) is 1.56. The van der Waals surface area contributed by atoms with Crippen molar-refractivity contribution >= 4 is 44.4 Å². The molecule has 0 aromatic heterocycles. The summed E-state index contributed by atoms with van der Waals surface area (Å²) >= 11 is 3.35. The number of fused-ring (bicyclic) bond motifs is 1. The number of carbonyl (C=O) groups is 1. The van der Waals surface area contributed by atoms with E-state index in [-0.39, 0.29) is 5.57 Å². The minimum Gasteiger partial charge on any atom is -0.496 e. The number of hydrogen-bond donors (Lipinski definition) is 1. The maximum atomic E-state index is 12.5. The van der Waals surface area contributed by atoms with Gasteiger partial charge in [0, 0.05) is 15.7 Å². The van der Waals surface area contributed by atoms with E-state index in [2.05, 4.69) is 21.2 Å². The molecule has 0 aliphatic carbocycles. The van der Waals surface area contributed by atoms with Crippen LogP contribution in [-0.2, 0) is 4.79 Å². The van der Waals surface area contributed by atoms with Crippen LogP contribution >= 0.6 is 15.9 Å². The maximum Gasteiger partial charge on any atom is 0.266 e. The van der Waals surface area contributed by atoms with Crippen molar-refractivity contribution in [1.29, 1.82) is 5.26 Å². The molecular formula is C21H15BrN2O2. The summed E-state index contributed by atoms with van der Waals surface area (Å²) in [4.78, 5) is 12.5. The molecule has 0 atom stereocenters. The first-order chi connectivity index (χ1) is 12.6. The molecule has 3 aromatic carbocycles. The third-order valence-electron chi connectivity index (χ3n) is 3.91. The summed E-state index contributed by atoms with van der Waals surface area (Å²) in [6.45, 7) is 0. The average Bonchev–Trinajstić information content (AvgIpc) is 2.67. The van der Waals surface area contributed by atoms with E-state index in [1.54, 1.807) is 25.3 Å². The molecule has 3 aromatic rings. The fourth-order valence-corrected chi connectivity index (χ4v) is 2.89. The van der Waals surface area contributed by atoms with Crippen LogP contribution in [0.4, 0.5) is 5.69 Å². The molecule has 0 spiro atoms. The first kappa shape index (κ1) is 17.7. The predicted molar refractivity (Wildman–Crippen MR) is 107 cm³/mol. The molecule has 1 amide bonds. The molecule has 0 aliphatic heterocycles. The molecule has 0 saturated heterocycles. The lowest BCUT2D eigenvalue weighted by Crippen LogP contribution is -2.13. The van der Waals surface area contributed by atoms with E-state index < -0.39 is 5.91 Å². The third kappa shape index (κ3) is 3.76. The number of anilines is 1. The van der Waals surface area contributed by atoms with Crippen LogP contribution in [0.5, 0.6) is 5.75 Å². The zero-order valence-corrected chi connectivity index (χ0v) is 15.6. The van der Waals surface area contributed by atoms with Gasteiger partial charge in [-0.25, -0.2) is 0 Å². The Labute approximate surface area is 159 Å². The number of nitriles is 1. The van der Waals surface area contributed by atoms with Gasteiger partial charge in [0.15, 0.2) is 0 Å². The highest BCUT2D eigenvalue weighted by Gasteiger charge is 2.13. The molecular weight excluding hydrogens is 392 g/mol. The van der Waals surface area contributed by atoms with Crippen molar-refractivity contribution < 1.29 is 9.53 Å². The summed E-state index contributed by atoms with van der Waals surface area (Å²) < 4.78 is 6.33. The van der Waals surface area contributed by atoms with Crippen molar-refractivity contribution in [1.82, 2.24) is 0 Å². The molecule has 3 rings (SSSR count). The summed E-state index contributed by atoms with van der Waals surface area (Å²) in [5.41, 5.74) is 1.32. The van der Waals surface area contributed by atoms with Gasteiger partial charge in [-0.15, -0.1) is 0 Å². The molecule has 0 saturated carbocycles. The predicted octanol–water partition coefficient (Wildman–Crippen LogP) is 5.16. The van der Waals surface area contributed by atoms with Gasteiger partial charge >= 0.3 is 0 Å². The van der Waals surface area contributed by atoms with Crippen LogP contribution in [-0.4, -0.2) is 13.0 Å². The van der Waals surface area contributed by atoms with Crippen LogP contribution < -0.4 is 10.1 Å². The van der Waals surface area contributed by atoms with E-state index >= 15 is 0 Å². The number of nitrogens with zero attached hydrogens (tertiary/aromatic N) is 1. The summed E-state index contributed by atoms with van der Waals surface area (Å²) in [5, 5.41) is 14.1. The Morgan fingerprint density at radius 1 is 1.12 bits per heavy atom. The van der Waals surface area contributed by atoms with Crippen LogP contribution in [0.25, 0.3) is 16.8 Å². The van der Waals surface area contributed by atoms with Crippen molar-refractivity contribution in [2.45, 2.75) is 0 Å². The van der Waals surface area contributed by atoms with Crippen LogP contribution in [0.2, 0.25) is 0 Å². The fraction of sp³-hybridized carbons (Fsp3) is 0.0476. The number of hydrogen-bond acceptors (Lipinski definition) is 3. The Bertz CT molecular complexity index is 1030. The van der Waals surface area contributed by atoms with Crippen molar-refractivity contribution in [3.63, 3.8) is 0 Å². The SMILES string of the molecule is COc1ccc2ccccc2c1C=C(C#N)C(=O)Nc1ccc(Br)cc1. The minimum absolute atomic E-state index is 0.00238. The molecule has 1 N–H and O–H groups in total. The van der Waals surface area contributed by atoms with Crippen molar-refractivity contribution in [2.75, 3.05) is 12.4 Å². The van der Waals surface area contributed by atoms with Crippen molar-refractivity contribution in [2.24, 2.45) is 0 Å². The van der Waals surface area contributed by atoms with E-state index in [1.807, 2.05) is 54.6 Å². The number of nitrogens with one attached hydrogen (secondary N) is 1. The monoisotopic (exact) mass is 406 g/mol. The number of amides is 1. The van der Waals surface area contributed by atoms with E-state index in [0.717, 1.165) is 15.2 Å². The molecule has 0 unspecified atom stereocenters. The van der Waals surface area contributed by atoms with Gasteiger partial charge in [0.1, 0.15) is 17.4 Å². The van der Waals surface area contributed by atoms with Gasteiger partial charge in [0.05, 0.1) is 7.11 Å². The summed E-state index contributed by atoms with van der Waals surface area (Å²) in [6.07, 6.45) is 1.56. The second-order valence-corrected chi connectivity index (χ2v) is 6.45. The molecule has 0 heterocycles. The van der Waals surface area contributed by atoms with E-state index in [9.17, 15) is 10.1 Å². The summed E-state index contributed by atoms with van der Waals surface area (Å²) in [6, 6.07) is 20.7. The molecule has 26 heavy (non-hydrogen) atoms. The van der Waals surface area contributed by atoms with Gasteiger partial charge < -0.3 is 10.1 Å². The fourth-order valence-electron chi connectivity index (χ4n) is 2.63. The second kappa shape index (κ2) is 7.85. The van der Waals surface area contributed by atoms with Crippen LogP contribution in [0, 0.1) is 11.3 Å². The third-order valence-corrected chi connectivity index (χ3v) is 4.44. The van der Waals surface area contributed by atoms with E-state index in [4.69, 9.17) is 4.74 Å². The highest BCUT2D eigenvalue weighted by molar-refractivity contribution is 9.10. The Balaban J connectivity index is 2.01. The average molecular weight is 407 g/mol. The van der Waals surface area contributed by atoms with E-state index in [0.29, 0.717) is 17.0 Å². The van der Waals surface area contributed by atoms with E-state index in [1.165, 1.54) is 0 Å². The van der Waals surface area contributed by atoms with Crippen molar-refractivity contribution in [3.8, 4) is 11.8 Å². The molecule has 128 valence electrons. The van der Waals surface area contributed by atoms with Gasteiger partial charge in [0.25, 0.3) is 5.91 Å². The zero-order chi connectivity index (χ0) is 18.5. The van der Waals surface area contributed by atoms with Gasteiger partial charge in [-0.2, -0.15) is 5.26 Å². The lowest BCUT2D eigenvalue weighted by molar-refractivity contribution is -0.112. The molecule has 0 radical (unpaired) electrons. The smallest absolute Gasteiger partial charge is 0.266 e. The number of carbonyl (C=O) groups excluding carboxylic acids is 1. The molecule has 0 fully saturated rings. The summed E-state index contributed by atoms with van der Waals surface area (Å²) in [5.74, 6) is 0.137. The molecule has 5 heteroatoms. The number of ether oxygens (including phenoxy) is 1. The number of methoxy groups -OCH3 is 1. The number of rotatable bonds is 4. The molecule has 0 bridgehead atoms. The zero-order valence-electron chi connectivity index (χ0n) is 14.0. The van der Waals surface area contributed by atoms with Crippen LogP contribution in [0.1, 0.15) is 5.56 Å². The minimum atomic E-state index is -0.468. The Morgan fingerprint density at radius 3 is 2.54 bits per heavy atom. The normalized spacial score (nSPS) is 11.0. The lowest BCUT2D eigenvalue weighted by Gasteiger charge is -2.10. The first-order valence-electron chi connectivity index (χ1n) is 7.87. The number of benzene rings is 3. The quantitative estimate of drug-likeness (QED) is 0.480. The Morgan fingerprint density at radius 2 is 1.85 bits per heavy atom.